The van der Waals surface area contributed by atoms with Gasteiger partial charge in [0.15, 0.2) is 0 Å². The summed E-state index contributed by atoms with van der Waals surface area (Å²) in [5.41, 5.74) is 1.20. The van der Waals surface area contributed by atoms with E-state index in [0.29, 0.717) is 6.42 Å². The lowest BCUT2D eigenvalue weighted by Gasteiger charge is -2.18. The van der Waals surface area contributed by atoms with E-state index in [1.165, 1.54) is 5.56 Å². The molecule has 0 saturated carbocycles. The number of rotatable bonds is 6. The van der Waals surface area contributed by atoms with E-state index in [2.05, 4.69) is 5.32 Å². The van der Waals surface area contributed by atoms with Crippen LogP contribution in [0.15, 0.2) is 29.2 Å². The summed E-state index contributed by atoms with van der Waals surface area (Å²) in [6.07, 6.45) is 2.27. The van der Waals surface area contributed by atoms with Gasteiger partial charge in [0.25, 0.3) is 0 Å². The van der Waals surface area contributed by atoms with Crippen molar-refractivity contribution in [2.45, 2.75) is 48.8 Å². The minimum Gasteiger partial charge on any atom is -0.481 e. The number of benzene rings is 1. The number of fused-ring (bicyclic) bond motifs is 1. The highest BCUT2D eigenvalue weighted by atomic mass is 32.2. The van der Waals surface area contributed by atoms with Gasteiger partial charge >= 0.3 is 5.97 Å². The number of aliphatic carboxylic acids is 1. The molecule has 0 aliphatic carbocycles. The zero-order chi connectivity index (χ0) is 14.5. The molecule has 2 rings (SSSR count). The number of carbonyl (C=O) groups excluding carboxylic acids is 1. The highest BCUT2D eigenvalue weighted by Crippen LogP contribution is 2.36. The van der Waals surface area contributed by atoms with Crippen LogP contribution in [-0.2, 0) is 16.0 Å². The first-order valence-electron chi connectivity index (χ1n) is 6.87. The van der Waals surface area contributed by atoms with Crippen LogP contribution in [0.3, 0.4) is 0 Å². The van der Waals surface area contributed by atoms with E-state index in [0.717, 1.165) is 17.7 Å². The van der Waals surface area contributed by atoms with Gasteiger partial charge in [0, 0.05) is 10.9 Å². The van der Waals surface area contributed by atoms with Gasteiger partial charge in [-0.3, -0.25) is 9.59 Å². The van der Waals surface area contributed by atoms with Crippen molar-refractivity contribution in [1.29, 1.82) is 0 Å². The van der Waals surface area contributed by atoms with Crippen LogP contribution < -0.4 is 5.32 Å². The third-order valence-electron chi connectivity index (χ3n) is 3.34. The zero-order valence-corrected chi connectivity index (χ0v) is 12.3. The predicted octanol–water partition coefficient (Wildman–Crippen LogP) is 2.46. The average Bonchev–Trinajstić information content (AvgIpc) is 2.82. The molecule has 1 aromatic rings. The Bertz CT molecular complexity index is 479. The normalized spacial score (nSPS) is 18.4. The molecule has 0 bridgehead atoms. The smallest absolute Gasteiger partial charge is 0.305 e. The summed E-state index contributed by atoms with van der Waals surface area (Å²) in [4.78, 5) is 24.2. The number of nitrogens with one attached hydrogen (secondary N) is 1. The topological polar surface area (TPSA) is 66.4 Å². The first kappa shape index (κ1) is 14.9. The predicted molar refractivity (Wildman–Crippen MR) is 78.9 cm³/mol. The van der Waals surface area contributed by atoms with Crippen LogP contribution in [0, 0.1) is 0 Å². The summed E-state index contributed by atoms with van der Waals surface area (Å²) in [5.74, 6) is -0.919. The lowest BCUT2D eigenvalue weighted by molar-refractivity contribution is -0.137. The van der Waals surface area contributed by atoms with E-state index >= 15 is 0 Å². The molecule has 1 aliphatic heterocycles. The second kappa shape index (κ2) is 6.79. The van der Waals surface area contributed by atoms with Crippen LogP contribution in [0.4, 0.5) is 0 Å². The van der Waals surface area contributed by atoms with E-state index in [4.69, 9.17) is 5.11 Å². The largest absolute Gasteiger partial charge is 0.481 e. The first-order chi connectivity index (χ1) is 9.60. The summed E-state index contributed by atoms with van der Waals surface area (Å²) in [6, 6.07) is 7.74. The van der Waals surface area contributed by atoms with Crippen molar-refractivity contribution in [3.8, 4) is 0 Å². The third kappa shape index (κ3) is 3.76. The molecule has 5 heteroatoms. The minimum atomic E-state index is -0.869. The maximum absolute atomic E-state index is 12.3. The molecule has 1 aliphatic rings. The van der Waals surface area contributed by atoms with Gasteiger partial charge in [0.1, 0.15) is 0 Å². The van der Waals surface area contributed by atoms with E-state index < -0.39 is 5.97 Å². The number of carboxylic acid groups (broad SMARTS) is 1. The molecule has 20 heavy (non-hydrogen) atoms. The molecule has 108 valence electrons. The third-order valence-corrected chi connectivity index (χ3v) is 4.66. The van der Waals surface area contributed by atoms with Crippen molar-refractivity contribution >= 4 is 23.6 Å². The van der Waals surface area contributed by atoms with Crippen molar-refractivity contribution in [3.63, 3.8) is 0 Å². The summed E-state index contributed by atoms with van der Waals surface area (Å²) < 4.78 is 0. The standard InChI is InChI=1S/C15H19NO3S/c1-2-5-11(9-14(17)18)16-15(19)13-8-10-6-3-4-7-12(10)20-13/h3-4,6-7,11,13H,2,5,8-9H2,1H3,(H,16,19)(H,17,18). The number of carboxylic acids is 1. The zero-order valence-electron chi connectivity index (χ0n) is 11.5. The summed E-state index contributed by atoms with van der Waals surface area (Å²) >= 11 is 1.56. The molecule has 0 fully saturated rings. The molecule has 4 nitrogen and oxygen atoms in total. The fraction of sp³-hybridized carbons (Fsp3) is 0.467. The SMILES string of the molecule is CCCC(CC(=O)O)NC(=O)C1Cc2ccccc2S1. The number of hydrogen-bond donors (Lipinski definition) is 2. The quantitative estimate of drug-likeness (QED) is 0.845. The number of amides is 1. The van der Waals surface area contributed by atoms with Crippen LogP contribution in [0.25, 0.3) is 0 Å². The molecule has 0 saturated heterocycles. The van der Waals surface area contributed by atoms with Crippen molar-refractivity contribution < 1.29 is 14.7 Å². The maximum atomic E-state index is 12.3. The van der Waals surface area contributed by atoms with Crippen molar-refractivity contribution in [3.05, 3.63) is 29.8 Å². The highest BCUT2D eigenvalue weighted by molar-refractivity contribution is 8.01. The van der Waals surface area contributed by atoms with Gasteiger partial charge in [-0.25, -0.2) is 0 Å². The van der Waals surface area contributed by atoms with E-state index in [-0.39, 0.29) is 23.6 Å². The fourth-order valence-electron chi connectivity index (χ4n) is 2.41. The Morgan fingerprint density at radius 3 is 2.85 bits per heavy atom. The molecule has 1 aromatic carbocycles. The summed E-state index contributed by atoms with van der Waals surface area (Å²) in [5, 5.41) is 11.6. The first-order valence-corrected chi connectivity index (χ1v) is 7.74. The maximum Gasteiger partial charge on any atom is 0.305 e. The Kier molecular flexibility index (Phi) is 5.06. The summed E-state index contributed by atoms with van der Waals surface area (Å²) in [7, 11) is 0. The van der Waals surface area contributed by atoms with Gasteiger partial charge in [-0.05, 0) is 24.5 Å². The molecule has 1 amide bonds. The lowest BCUT2D eigenvalue weighted by Crippen LogP contribution is -2.41. The Morgan fingerprint density at radius 2 is 2.20 bits per heavy atom. The van der Waals surface area contributed by atoms with Gasteiger partial charge in [0.05, 0.1) is 11.7 Å². The Morgan fingerprint density at radius 1 is 1.45 bits per heavy atom. The van der Waals surface area contributed by atoms with Gasteiger partial charge < -0.3 is 10.4 Å². The molecule has 2 N–H and O–H groups in total. The highest BCUT2D eigenvalue weighted by Gasteiger charge is 2.29. The van der Waals surface area contributed by atoms with E-state index in [1.807, 2.05) is 31.2 Å². The molecule has 2 atom stereocenters. The van der Waals surface area contributed by atoms with Crippen LogP contribution in [0.1, 0.15) is 31.7 Å². The van der Waals surface area contributed by atoms with Gasteiger partial charge in [-0.15, -0.1) is 11.8 Å². The minimum absolute atomic E-state index is 0.0100. The molecule has 2 unspecified atom stereocenters. The molecule has 0 aromatic heterocycles. The van der Waals surface area contributed by atoms with Crippen LogP contribution >= 0.6 is 11.8 Å². The Balaban J connectivity index is 1.93. The monoisotopic (exact) mass is 293 g/mol. The number of carbonyl (C=O) groups is 2. The second-order valence-electron chi connectivity index (χ2n) is 5.01. The van der Waals surface area contributed by atoms with Crippen LogP contribution in [0.2, 0.25) is 0 Å². The van der Waals surface area contributed by atoms with Crippen LogP contribution in [-0.4, -0.2) is 28.3 Å². The molecule has 1 heterocycles. The Hall–Kier alpha value is -1.49. The van der Waals surface area contributed by atoms with Gasteiger partial charge in [-0.2, -0.15) is 0 Å². The molecule has 0 spiro atoms. The fourth-order valence-corrected chi connectivity index (χ4v) is 3.61. The molecular formula is C15H19NO3S. The average molecular weight is 293 g/mol. The second-order valence-corrected chi connectivity index (χ2v) is 6.25. The molecule has 0 radical (unpaired) electrons. The van der Waals surface area contributed by atoms with Gasteiger partial charge in [0.2, 0.25) is 5.91 Å². The Labute approximate surface area is 123 Å². The van der Waals surface area contributed by atoms with Crippen molar-refractivity contribution in [1.82, 2.24) is 5.32 Å². The van der Waals surface area contributed by atoms with E-state index in [1.54, 1.807) is 11.8 Å². The number of thioether (sulfide) groups is 1. The van der Waals surface area contributed by atoms with E-state index in [9.17, 15) is 9.59 Å². The van der Waals surface area contributed by atoms with Crippen molar-refractivity contribution in [2.75, 3.05) is 0 Å². The lowest BCUT2D eigenvalue weighted by atomic mass is 10.1. The van der Waals surface area contributed by atoms with Gasteiger partial charge in [-0.1, -0.05) is 31.5 Å². The van der Waals surface area contributed by atoms with Crippen LogP contribution in [0.5, 0.6) is 0 Å². The summed E-state index contributed by atoms with van der Waals surface area (Å²) in [6.45, 7) is 1.99. The number of hydrogen-bond acceptors (Lipinski definition) is 3. The molecular weight excluding hydrogens is 274 g/mol. The van der Waals surface area contributed by atoms with Crippen molar-refractivity contribution in [2.24, 2.45) is 0 Å².